The number of hydrogen-bond donors (Lipinski definition) is 0. The number of benzene rings is 1. The fourth-order valence-corrected chi connectivity index (χ4v) is 3.04. The average molecular weight is 300 g/mol. The minimum absolute atomic E-state index is 0.178. The first-order chi connectivity index (χ1) is 10.7. The van der Waals surface area contributed by atoms with E-state index in [2.05, 4.69) is 6.07 Å². The van der Waals surface area contributed by atoms with E-state index in [0.29, 0.717) is 44.7 Å². The number of aryl methyl sites for hydroxylation is 1. The second-order valence-corrected chi connectivity index (χ2v) is 5.80. The Morgan fingerprint density at radius 1 is 1.18 bits per heavy atom. The van der Waals surface area contributed by atoms with Crippen LogP contribution in [0.15, 0.2) is 24.3 Å². The molecule has 0 unspecified atom stereocenters. The maximum Gasteiger partial charge on any atom is 0.222 e. The lowest BCUT2D eigenvalue weighted by atomic mass is 10.0. The molecule has 116 valence electrons. The summed E-state index contributed by atoms with van der Waals surface area (Å²) in [5.41, 5.74) is 1.73. The molecule has 1 aromatic rings. The van der Waals surface area contributed by atoms with Gasteiger partial charge in [-0.25, -0.2) is 0 Å². The van der Waals surface area contributed by atoms with Gasteiger partial charge < -0.3 is 14.4 Å². The zero-order chi connectivity index (χ0) is 15.4. The SMILES string of the molecule is N#Cc1ccc(CCC(=O)N2CCC3(CC2)OCCO3)cc1. The zero-order valence-corrected chi connectivity index (χ0v) is 12.6. The molecule has 3 rings (SSSR count). The highest BCUT2D eigenvalue weighted by molar-refractivity contribution is 5.76. The molecule has 0 radical (unpaired) electrons. The second kappa shape index (κ2) is 6.47. The zero-order valence-electron chi connectivity index (χ0n) is 12.6. The van der Waals surface area contributed by atoms with Crippen molar-refractivity contribution in [2.24, 2.45) is 0 Å². The van der Waals surface area contributed by atoms with Gasteiger partial charge in [0.15, 0.2) is 5.79 Å². The van der Waals surface area contributed by atoms with Gasteiger partial charge in [-0.15, -0.1) is 0 Å². The predicted octanol–water partition coefficient (Wildman–Crippen LogP) is 1.86. The van der Waals surface area contributed by atoms with Gasteiger partial charge in [0.2, 0.25) is 5.91 Å². The summed E-state index contributed by atoms with van der Waals surface area (Å²) in [6.45, 7) is 2.72. The van der Waals surface area contributed by atoms with Crippen molar-refractivity contribution in [3.8, 4) is 6.07 Å². The van der Waals surface area contributed by atoms with Crippen molar-refractivity contribution in [1.29, 1.82) is 5.26 Å². The molecular formula is C17H20N2O3. The van der Waals surface area contributed by atoms with E-state index in [1.54, 1.807) is 12.1 Å². The summed E-state index contributed by atoms with van der Waals surface area (Å²) in [5, 5.41) is 8.77. The molecule has 5 heteroatoms. The van der Waals surface area contributed by atoms with Gasteiger partial charge in [-0.1, -0.05) is 12.1 Å². The Morgan fingerprint density at radius 3 is 2.41 bits per heavy atom. The number of nitrogens with zero attached hydrogens (tertiary/aromatic N) is 2. The monoisotopic (exact) mass is 300 g/mol. The molecule has 2 fully saturated rings. The van der Waals surface area contributed by atoms with Crippen LogP contribution in [-0.2, 0) is 20.7 Å². The van der Waals surface area contributed by atoms with E-state index in [1.807, 2.05) is 17.0 Å². The van der Waals surface area contributed by atoms with E-state index in [-0.39, 0.29) is 5.91 Å². The Labute approximate surface area is 130 Å². The highest BCUT2D eigenvalue weighted by Crippen LogP contribution is 2.31. The van der Waals surface area contributed by atoms with Crippen LogP contribution in [0.3, 0.4) is 0 Å². The maximum atomic E-state index is 12.3. The number of piperidine rings is 1. The molecule has 0 saturated carbocycles. The van der Waals surface area contributed by atoms with Crippen molar-refractivity contribution in [2.75, 3.05) is 26.3 Å². The topological polar surface area (TPSA) is 62.6 Å². The molecule has 2 saturated heterocycles. The van der Waals surface area contributed by atoms with Crippen LogP contribution in [0.5, 0.6) is 0 Å². The quantitative estimate of drug-likeness (QED) is 0.854. The lowest BCUT2D eigenvalue weighted by Crippen LogP contribution is -2.47. The van der Waals surface area contributed by atoms with E-state index in [9.17, 15) is 4.79 Å². The van der Waals surface area contributed by atoms with Gasteiger partial charge in [-0.2, -0.15) is 5.26 Å². The Hall–Kier alpha value is -1.90. The number of likely N-dealkylation sites (tertiary alicyclic amines) is 1. The van der Waals surface area contributed by atoms with Crippen LogP contribution < -0.4 is 0 Å². The number of nitriles is 1. The molecule has 1 spiro atoms. The lowest BCUT2D eigenvalue weighted by molar-refractivity contribution is -0.187. The van der Waals surface area contributed by atoms with Gasteiger partial charge in [-0.05, 0) is 24.1 Å². The standard InChI is InChI=1S/C17H20N2O3/c18-13-15-3-1-14(2-4-15)5-6-16(20)19-9-7-17(8-10-19)21-11-12-22-17/h1-4H,5-12H2. The van der Waals surface area contributed by atoms with Crippen molar-refractivity contribution in [3.05, 3.63) is 35.4 Å². The Kier molecular flexibility index (Phi) is 4.41. The molecule has 0 atom stereocenters. The van der Waals surface area contributed by atoms with Crippen LogP contribution in [-0.4, -0.2) is 42.9 Å². The first-order valence-electron chi connectivity index (χ1n) is 7.75. The third kappa shape index (κ3) is 3.29. The third-order valence-corrected chi connectivity index (χ3v) is 4.40. The highest BCUT2D eigenvalue weighted by atomic mass is 16.7. The van der Waals surface area contributed by atoms with Gasteiger partial charge in [0, 0.05) is 32.4 Å². The summed E-state index contributed by atoms with van der Waals surface area (Å²) in [5.74, 6) is -0.249. The van der Waals surface area contributed by atoms with Gasteiger partial charge in [0.25, 0.3) is 0 Å². The molecule has 1 amide bonds. The fraction of sp³-hybridized carbons (Fsp3) is 0.529. The first kappa shape index (κ1) is 15.0. The van der Waals surface area contributed by atoms with E-state index in [4.69, 9.17) is 14.7 Å². The van der Waals surface area contributed by atoms with E-state index in [0.717, 1.165) is 18.4 Å². The molecule has 0 aromatic heterocycles. The van der Waals surface area contributed by atoms with Crippen LogP contribution in [0, 0.1) is 11.3 Å². The largest absolute Gasteiger partial charge is 0.347 e. The van der Waals surface area contributed by atoms with Crippen LogP contribution in [0.1, 0.15) is 30.4 Å². The number of carbonyl (C=O) groups excluding carboxylic acids is 1. The molecule has 2 heterocycles. The third-order valence-electron chi connectivity index (χ3n) is 4.40. The predicted molar refractivity (Wildman–Crippen MR) is 79.9 cm³/mol. The van der Waals surface area contributed by atoms with Gasteiger partial charge in [0.1, 0.15) is 0 Å². The number of rotatable bonds is 3. The van der Waals surface area contributed by atoms with E-state index in [1.165, 1.54) is 0 Å². The maximum absolute atomic E-state index is 12.3. The molecule has 5 nitrogen and oxygen atoms in total. The number of hydrogen-bond acceptors (Lipinski definition) is 4. The molecule has 0 aliphatic carbocycles. The van der Waals surface area contributed by atoms with E-state index < -0.39 is 5.79 Å². The summed E-state index contributed by atoms with van der Waals surface area (Å²) >= 11 is 0. The molecule has 0 N–H and O–H groups in total. The van der Waals surface area contributed by atoms with Crippen molar-refractivity contribution in [3.63, 3.8) is 0 Å². The van der Waals surface area contributed by atoms with Crippen molar-refractivity contribution in [2.45, 2.75) is 31.5 Å². The van der Waals surface area contributed by atoms with Crippen LogP contribution in [0.25, 0.3) is 0 Å². The Balaban J connectivity index is 1.47. The lowest BCUT2D eigenvalue weighted by Gasteiger charge is -2.37. The number of ether oxygens (including phenoxy) is 2. The summed E-state index contributed by atoms with van der Waals surface area (Å²) in [6, 6.07) is 9.51. The summed E-state index contributed by atoms with van der Waals surface area (Å²) in [4.78, 5) is 14.2. The van der Waals surface area contributed by atoms with Crippen LogP contribution >= 0.6 is 0 Å². The van der Waals surface area contributed by atoms with Gasteiger partial charge >= 0.3 is 0 Å². The smallest absolute Gasteiger partial charge is 0.222 e. The minimum Gasteiger partial charge on any atom is -0.347 e. The summed E-state index contributed by atoms with van der Waals surface area (Å²) in [6.07, 6.45) is 2.73. The van der Waals surface area contributed by atoms with Crippen LogP contribution in [0.2, 0.25) is 0 Å². The fourth-order valence-electron chi connectivity index (χ4n) is 3.04. The normalized spacial score (nSPS) is 20.0. The summed E-state index contributed by atoms with van der Waals surface area (Å²) in [7, 11) is 0. The first-order valence-corrected chi connectivity index (χ1v) is 7.75. The molecule has 1 aromatic carbocycles. The molecule has 0 bridgehead atoms. The molecule has 22 heavy (non-hydrogen) atoms. The second-order valence-electron chi connectivity index (χ2n) is 5.80. The molecular weight excluding hydrogens is 280 g/mol. The van der Waals surface area contributed by atoms with Gasteiger partial charge in [0.05, 0.1) is 24.8 Å². The van der Waals surface area contributed by atoms with Gasteiger partial charge in [-0.3, -0.25) is 4.79 Å². The summed E-state index contributed by atoms with van der Waals surface area (Å²) < 4.78 is 11.3. The van der Waals surface area contributed by atoms with Crippen molar-refractivity contribution in [1.82, 2.24) is 4.90 Å². The Bertz CT molecular complexity index is 561. The Morgan fingerprint density at radius 2 is 1.82 bits per heavy atom. The molecule has 2 aliphatic heterocycles. The molecule has 2 aliphatic rings. The minimum atomic E-state index is -0.427. The van der Waals surface area contributed by atoms with Crippen molar-refractivity contribution < 1.29 is 14.3 Å². The number of carbonyl (C=O) groups is 1. The van der Waals surface area contributed by atoms with Crippen LogP contribution in [0.4, 0.5) is 0 Å². The highest BCUT2D eigenvalue weighted by Gasteiger charge is 2.40. The number of amides is 1. The average Bonchev–Trinajstić information content (AvgIpc) is 3.02. The van der Waals surface area contributed by atoms with E-state index >= 15 is 0 Å². The van der Waals surface area contributed by atoms with Crippen molar-refractivity contribution >= 4 is 5.91 Å².